The van der Waals surface area contributed by atoms with Crippen LogP contribution in [0.15, 0.2) is 54.7 Å². The van der Waals surface area contributed by atoms with Crippen molar-refractivity contribution in [2.45, 2.75) is 50.1 Å². The number of carbonyl (C=O) groups is 1. The first-order chi connectivity index (χ1) is 12.2. The standard InChI is InChI=1S/C21H25N3O/c1-16(19-9-5-6-14-22-19)24(18-10-11-18)20(25)23-15-21(12-13-21)17-7-3-2-4-8-17/h2-9,14,16,18H,10-13,15H2,1H3,(H,23,25)/t16-/m0/s1. The minimum atomic E-state index is 0.000536. The average Bonchev–Trinajstić information content (AvgIpc) is 3.57. The maximum absolute atomic E-state index is 12.9. The van der Waals surface area contributed by atoms with Gasteiger partial charge in [0.25, 0.3) is 0 Å². The fraction of sp³-hybridized carbons (Fsp3) is 0.429. The average molecular weight is 335 g/mol. The lowest BCUT2D eigenvalue weighted by atomic mass is 9.96. The molecule has 2 aromatic rings. The third-order valence-corrected chi connectivity index (χ3v) is 5.53. The van der Waals surface area contributed by atoms with Crippen LogP contribution in [0.5, 0.6) is 0 Å². The molecule has 2 fully saturated rings. The highest BCUT2D eigenvalue weighted by Gasteiger charge is 2.45. The monoisotopic (exact) mass is 335 g/mol. The molecular formula is C21H25N3O. The molecule has 0 aliphatic heterocycles. The van der Waals surface area contributed by atoms with Crippen molar-refractivity contribution in [3.63, 3.8) is 0 Å². The molecule has 4 nitrogen and oxygen atoms in total. The normalized spacial score (nSPS) is 19.1. The van der Waals surface area contributed by atoms with Gasteiger partial charge < -0.3 is 10.2 Å². The molecule has 2 saturated carbocycles. The van der Waals surface area contributed by atoms with Crippen molar-refractivity contribution < 1.29 is 4.79 Å². The Bertz CT molecular complexity index is 723. The van der Waals surface area contributed by atoms with Gasteiger partial charge in [-0.1, -0.05) is 36.4 Å². The highest BCUT2D eigenvalue weighted by Crippen LogP contribution is 2.47. The van der Waals surface area contributed by atoms with Gasteiger partial charge in [0.2, 0.25) is 0 Å². The number of hydrogen-bond acceptors (Lipinski definition) is 2. The van der Waals surface area contributed by atoms with E-state index in [0.717, 1.165) is 31.4 Å². The van der Waals surface area contributed by atoms with Gasteiger partial charge in [-0.15, -0.1) is 0 Å². The number of benzene rings is 1. The van der Waals surface area contributed by atoms with E-state index < -0.39 is 0 Å². The summed E-state index contributed by atoms with van der Waals surface area (Å²) >= 11 is 0. The predicted octanol–water partition coefficient (Wildman–Crippen LogP) is 4.05. The Morgan fingerprint density at radius 2 is 1.92 bits per heavy atom. The predicted molar refractivity (Wildman–Crippen MR) is 98.3 cm³/mol. The Hall–Kier alpha value is -2.36. The SMILES string of the molecule is C[C@@H](c1ccccn1)N(C(=O)NCC1(c2ccccc2)CC1)C1CC1. The van der Waals surface area contributed by atoms with Gasteiger partial charge in [-0.25, -0.2) is 4.79 Å². The molecule has 2 amide bonds. The summed E-state index contributed by atoms with van der Waals surface area (Å²) in [5.41, 5.74) is 2.43. The van der Waals surface area contributed by atoms with Gasteiger partial charge in [0, 0.05) is 24.2 Å². The number of nitrogens with one attached hydrogen (secondary N) is 1. The minimum Gasteiger partial charge on any atom is -0.337 e. The third kappa shape index (κ3) is 3.39. The van der Waals surface area contributed by atoms with Gasteiger partial charge >= 0.3 is 6.03 Å². The first kappa shape index (κ1) is 16.1. The van der Waals surface area contributed by atoms with Crippen molar-refractivity contribution in [3.8, 4) is 0 Å². The molecule has 1 heterocycles. The molecule has 130 valence electrons. The van der Waals surface area contributed by atoms with Crippen molar-refractivity contribution >= 4 is 6.03 Å². The van der Waals surface area contributed by atoms with Crippen LogP contribution in [0.1, 0.15) is 49.9 Å². The minimum absolute atomic E-state index is 0.000536. The summed E-state index contributed by atoms with van der Waals surface area (Å²) < 4.78 is 0. The Labute approximate surface area is 149 Å². The summed E-state index contributed by atoms with van der Waals surface area (Å²) in [6.07, 6.45) is 6.28. The number of aromatic nitrogens is 1. The maximum atomic E-state index is 12.9. The van der Waals surface area contributed by atoms with Crippen LogP contribution in [0, 0.1) is 0 Å². The lowest BCUT2D eigenvalue weighted by Crippen LogP contribution is -2.45. The number of urea groups is 1. The molecule has 0 spiro atoms. The van der Waals surface area contributed by atoms with E-state index in [1.807, 2.05) is 29.2 Å². The molecule has 0 bridgehead atoms. The van der Waals surface area contributed by atoms with Gasteiger partial charge in [0.1, 0.15) is 0 Å². The van der Waals surface area contributed by atoms with Crippen molar-refractivity contribution in [2.75, 3.05) is 6.54 Å². The topological polar surface area (TPSA) is 45.2 Å². The molecule has 1 aromatic carbocycles. The van der Waals surface area contributed by atoms with E-state index >= 15 is 0 Å². The summed E-state index contributed by atoms with van der Waals surface area (Å²) in [6, 6.07) is 16.8. The largest absolute Gasteiger partial charge is 0.337 e. The second kappa shape index (κ2) is 6.51. The van der Waals surface area contributed by atoms with E-state index in [-0.39, 0.29) is 17.5 Å². The maximum Gasteiger partial charge on any atom is 0.318 e. The van der Waals surface area contributed by atoms with E-state index in [2.05, 4.69) is 41.5 Å². The molecule has 2 aliphatic rings. The zero-order valence-corrected chi connectivity index (χ0v) is 14.7. The van der Waals surface area contributed by atoms with Gasteiger partial charge in [0.15, 0.2) is 0 Å². The highest BCUT2D eigenvalue weighted by molar-refractivity contribution is 5.75. The highest BCUT2D eigenvalue weighted by atomic mass is 16.2. The molecule has 25 heavy (non-hydrogen) atoms. The molecule has 4 heteroatoms. The van der Waals surface area contributed by atoms with Gasteiger partial charge in [0.05, 0.1) is 11.7 Å². The molecule has 1 aromatic heterocycles. The molecular weight excluding hydrogens is 310 g/mol. The van der Waals surface area contributed by atoms with Crippen molar-refractivity contribution in [3.05, 3.63) is 66.0 Å². The van der Waals surface area contributed by atoms with Crippen LogP contribution in [0.3, 0.4) is 0 Å². The Morgan fingerprint density at radius 1 is 1.20 bits per heavy atom. The zero-order valence-electron chi connectivity index (χ0n) is 14.7. The van der Waals surface area contributed by atoms with E-state index in [0.29, 0.717) is 12.6 Å². The summed E-state index contributed by atoms with van der Waals surface area (Å²) in [6.45, 7) is 2.79. The Kier molecular flexibility index (Phi) is 4.20. The van der Waals surface area contributed by atoms with Crippen LogP contribution in [0.2, 0.25) is 0 Å². The number of nitrogens with zero attached hydrogens (tertiary/aromatic N) is 2. The second-order valence-corrected chi connectivity index (χ2v) is 7.37. The van der Waals surface area contributed by atoms with E-state index in [1.165, 1.54) is 5.56 Å². The number of carbonyl (C=O) groups excluding carboxylic acids is 1. The second-order valence-electron chi connectivity index (χ2n) is 7.37. The van der Waals surface area contributed by atoms with Gasteiger partial charge in [-0.05, 0) is 50.3 Å². The van der Waals surface area contributed by atoms with Crippen LogP contribution in [-0.4, -0.2) is 28.5 Å². The summed E-state index contributed by atoms with van der Waals surface area (Å²) in [5.74, 6) is 0. The van der Waals surface area contributed by atoms with Crippen LogP contribution in [0.4, 0.5) is 4.79 Å². The summed E-state index contributed by atoms with van der Waals surface area (Å²) in [5, 5.41) is 3.22. The van der Waals surface area contributed by atoms with Crippen LogP contribution >= 0.6 is 0 Å². The summed E-state index contributed by atoms with van der Waals surface area (Å²) in [7, 11) is 0. The molecule has 1 N–H and O–H groups in total. The Morgan fingerprint density at radius 3 is 2.52 bits per heavy atom. The summed E-state index contributed by atoms with van der Waals surface area (Å²) in [4.78, 5) is 19.4. The lowest BCUT2D eigenvalue weighted by molar-refractivity contribution is 0.173. The van der Waals surface area contributed by atoms with E-state index in [9.17, 15) is 4.79 Å². The van der Waals surface area contributed by atoms with Crippen LogP contribution in [-0.2, 0) is 5.41 Å². The van der Waals surface area contributed by atoms with E-state index in [4.69, 9.17) is 0 Å². The number of hydrogen-bond donors (Lipinski definition) is 1. The number of amides is 2. The molecule has 0 unspecified atom stereocenters. The molecule has 4 rings (SSSR count). The molecule has 0 saturated heterocycles. The van der Waals surface area contributed by atoms with Crippen molar-refractivity contribution in [1.82, 2.24) is 15.2 Å². The fourth-order valence-electron chi connectivity index (χ4n) is 3.62. The van der Waals surface area contributed by atoms with Crippen molar-refractivity contribution in [2.24, 2.45) is 0 Å². The molecule has 0 radical (unpaired) electrons. The molecule has 1 atom stereocenters. The quantitative estimate of drug-likeness (QED) is 0.865. The van der Waals surface area contributed by atoms with Gasteiger partial charge in [-0.2, -0.15) is 0 Å². The smallest absolute Gasteiger partial charge is 0.318 e. The van der Waals surface area contributed by atoms with Crippen LogP contribution in [0.25, 0.3) is 0 Å². The fourth-order valence-corrected chi connectivity index (χ4v) is 3.62. The first-order valence-corrected chi connectivity index (χ1v) is 9.22. The third-order valence-electron chi connectivity index (χ3n) is 5.53. The zero-order chi connectivity index (χ0) is 17.3. The number of rotatable bonds is 6. The lowest BCUT2D eigenvalue weighted by Gasteiger charge is -2.30. The number of pyridine rings is 1. The van der Waals surface area contributed by atoms with Crippen LogP contribution < -0.4 is 5.32 Å². The Balaban J connectivity index is 1.44. The van der Waals surface area contributed by atoms with E-state index in [1.54, 1.807) is 6.20 Å². The molecule has 2 aliphatic carbocycles. The van der Waals surface area contributed by atoms with Crippen molar-refractivity contribution in [1.29, 1.82) is 0 Å². The van der Waals surface area contributed by atoms with Gasteiger partial charge in [-0.3, -0.25) is 4.98 Å². The first-order valence-electron chi connectivity index (χ1n) is 9.22.